The zero-order valence-electron chi connectivity index (χ0n) is 8.72. The molecule has 0 spiro atoms. The van der Waals surface area contributed by atoms with Crippen molar-refractivity contribution in [1.29, 1.82) is 0 Å². The molecular weight excluding hydrogens is 146 g/mol. The fraction of sp³-hybridized carbons (Fsp3) is 0.818. The molecule has 1 nitrogen and oxygen atoms in total. The highest BCUT2D eigenvalue weighted by atomic mass is 14.9. The Bertz CT molecular complexity index is 170. The molecular formula is C11H21N. The van der Waals surface area contributed by atoms with Crippen LogP contribution in [0, 0.1) is 5.92 Å². The minimum atomic E-state index is 0.614. The van der Waals surface area contributed by atoms with Crippen LogP contribution in [0.5, 0.6) is 0 Å². The smallest absolute Gasteiger partial charge is 0.0135 e. The van der Waals surface area contributed by atoms with E-state index >= 15 is 0 Å². The third kappa shape index (κ3) is 2.34. The summed E-state index contributed by atoms with van der Waals surface area (Å²) in [5.74, 6) is 0.723. The molecule has 1 aliphatic carbocycles. The second kappa shape index (κ2) is 4.08. The van der Waals surface area contributed by atoms with E-state index in [-0.39, 0.29) is 0 Å². The van der Waals surface area contributed by atoms with Crippen molar-refractivity contribution < 1.29 is 0 Å². The first-order valence-electron chi connectivity index (χ1n) is 5.04. The van der Waals surface area contributed by atoms with Gasteiger partial charge in [0.15, 0.2) is 0 Å². The van der Waals surface area contributed by atoms with Gasteiger partial charge in [-0.25, -0.2) is 0 Å². The summed E-state index contributed by atoms with van der Waals surface area (Å²) in [5.41, 5.74) is 1.56. The van der Waals surface area contributed by atoms with E-state index in [0.29, 0.717) is 12.1 Å². The molecule has 1 heteroatoms. The minimum absolute atomic E-state index is 0.614. The summed E-state index contributed by atoms with van der Waals surface area (Å²) in [4.78, 5) is 0. The third-order valence-corrected chi connectivity index (χ3v) is 2.81. The van der Waals surface area contributed by atoms with E-state index in [4.69, 9.17) is 0 Å². The van der Waals surface area contributed by atoms with Crippen molar-refractivity contribution in [2.75, 3.05) is 0 Å². The van der Waals surface area contributed by atoms with Crippen LogP contribution < -0.4 is 5.32 Å². The van der Waals surface area contributed by atoms with Crippen molar-refractivity contribution in [2.24, 2.45) is 5.92 Å². The van der Waals surface area contributed by atoms with Gasteiger partial charge < -0.3 is 5.32 Å². The van der Waals surface area contributed by atoms with E-state index in [0.717, 1.165) is 5.92 Å². The highest BCUT2D eigenvalue weighted by Crippen LogP contribution is 2.24. The van der Waals surface area contributed by atoms with Crippen molar-refractivity contribution in [3.05, 3.63) is 11.6 Å². The predicted molar refractivity (Wildman–Crippen MR) is 54.2 cm³/mol. The number of hydrogen-bond acceptors (Lipinski definition) is 1. The van der Waals surface area contributed by atoms with E-state index in [1.54, 1.807) is 5.57 Å². The summed E-state index contributed by atoms with van der Waals surface area (Å²) < 4.78 is 0. The molecule has 2 unspecified atom stereocenters. The molecule has 0 saturated carbocycles. The van der Waals surface area contributed by atoms with E-state index in [9.17, 15) is 0 Å². The van der Waals surface area contributed by atoms with Gasteiger partial charge in [-0.1, -0.05) is 32.4 Å². The van der Waals surface area contributed by atoms with Crippen LogP contribution >= 0.6 is 0 Å². The lowest BCUT2D eigenvalue weighted by molar-refractivity contribution is 0.353. The molecule has 1 aliphatic rings. The summed E-state index contributed by atoms with van der Waals surface area (Å²) in [5, 5.41) is 3.62. The van der Waals surface area contributed by atoms with Crippen LogP contribution in [0.15, 0.2) is 11.6 Å². The SMILES string of the molecule is CC1=CCCC(NC(C)C)C1C. The van der Waals surface area contributed by atoms with Gasteiger partial charge in [-0.05, 0) is 25.7 Å². The molecule has 0 aromatic heterocycles. The maximum absolute atomic E-state index is 3.62. The van der Waals surface area contributed by atoms with Gasteiger partial charge >= 0.3 is 0 Å². The highest BCUT2D eigenvalue weighted by Gasteiger charge is 2.21. The van der Waals surface area contributed by atoms with E-state index < -0.39 is 0 Å². The summed E-state index contributed by atoms with van der Waals surface area (Å²) in [6.07, 6.45) is 4.93. The molecule has 1 rings (SSSR count). The van der Waals surface area contributed by atoms with E-state index in [1.807, 2.05) is 0 Å². The summed E-state index contributed by atoms with van der Waals surface area (Å²) in [7, 11) is 0. The molecule has 0 amide bonds. The Hall–Kier alpha value is -0.300. The standard InChI is InChI=1S/C11H21N/c1-8(2)12-11-7-5-6-9(3)10(11)4/h6,8,10-12H,5,7H2,1-4H3. The van der Waals surface area contributed by atoms with Crippen LogP contribution in [0.4, 0.5) is 0 Å². The van der Waals surface area contributed by atoms with E-state index in [2.05, 4.69) is 39.1 Å². The topological polar surface area (TPSA) is 12.0 Å². The van der Waals surface area contributed by atoms with E-state index in [1.165, 1.54) is 12.8 Å². The maximum atomic E-state index is 3.62. The van der Waals surface area contributed by atoms with Crippen molar-refractivity contribution >= 4 is 0 Å². The number of allylic oxidation sites excluding steroid dienone is 1. The molecule has 0 saturated heterocycles. The van der Waals surface area contributed by atoms with Crippen molar-refractivity contribution in [2.45, 2.75) is 52.6 Å². The molecule has 0 heterocycles. The van der Waals surface area contributed by atoms with Crippen LogP contribution in [-0.4, -0.2) is 12.1 Å². The Morgan fingerprint density at radius 2 is 2.17 bits per heavy atom. The summed E-state index contributed by atoms with van der Waals surface area (Å²) in [6.45, 7) is 9.02. The van der Waals surface area contributed by atoms with Gasteiger partial charge in [0.05, 0.1) is 0 Å². The van der Waals surface area contributed by atoms with Gasteiger partial charge in [0, 0.05) is 12.1 Å². The van der Waals surface area contributed by atoms with Gasteiger partial charge in [-0.3, -0.25) is 0 Å². The molecule has 0 aliphatic heterocycles. The molecule has 12 heavy (non-hydrogen) atoms. The lowest BCUT2D eigenvalue weighted by Gasteiger charge is -2.31. The molecule has 0 radical (unpaired) electrons. The lowest BCUT2D eigenvalue weighted by atomic mass is 9.85. The van der Waals surface area contributed by atoms with Crippen molar-refractivity contribution in [3.63, 3.8) is 0 Å². The Morgan fingerprint density at radius 3 is 2.75 bits per heavy atom. The first kappa shape index (κ1) is 9.79. The monoisotopic (exact) mass is 167 g/mol. The Balaban J connectivity index is 2.51. The Kier molecular flexibility index (Phi) is 3.33. The van der Waals surface area contributed by atoms with Crippen LogP contribution in [-0.2, 0) is 0 Å². The molecule has 2 atom stereocenters. The quantitative estimate of drug-likeness (QED) is 0.624. The first-order chi connectivity index (χ1) is 5.61. The molecule has 0 fully saturated rings. The van der Waals surface area contributed by atoms with Crippen LogP contribution in [0.2, 0.25) is 0 Å². The van der Waals surface area contributed by atoms with Gasteiger partial charge in [0.25, 0.3) is 0 Å². The third-order valence-electron chi connectivity index (χ3n) is 2.81. The van der Waals surface area contributed by atoms with Gasteiger partial charge in [-0.15, -0.1) is 0 Å². The van der Waals surface area contributed by atoms with Gasteiger partial charge in [0.1, 0.15) is 0 Å². The van der Waals surface area contributed by atoms with Gasteiger partial charge in [-0.2, -0.15) is 0 Å². The van der Waals surface area contributed by atoms with Crippen molar-refractivity contribution in [1.82, 2.24) is 5.32 Å². The average molecular weight is 167 g/mol. The van der Waals surface area contributed by atoms with Crippen LogP contribution in [0.1, 0.15) is 40.5 Å². The molecule has 70 valence electrons. The lowest BCUT2D eigenvalue weighted by Crippen LogP contribution is -2.41. The Morgan fingerprint density at radius 1 is 1.50 bits per heavy atom. The summed E-state index contributed by atoms with van der Waals surface area (Å²) >= 11 is 0. The second-order valence-corrected chi connectivity index (χ2v) is 4.24. The molecule has 0 bridgehead atoms. The minimum Gasteiger partial charge on any atom is -0.311 e. The van der Waals surface area contributed by atoms with Crippen LogP contribution in [0.3, 0.4) is 0 Å². The number of hydrogen-bond donors (Lipinski definition) is 1. The van der Waals surface area contributed by atoms with Crippen LogP contribution in [0.25, 0.3) is 0 Å². The maximum Gasteiger partial charge on any atom is 0.0135 e. The highest BCUT2D eigenvalue weighted by molar-refractivity contribution is 5.09. The van der Waals surface area contributed by atoms with Gasteiger partial charge in [0.2, 0.25) is 0 Å². The largest absolute Gasteiger partial charge is 0.311 e. The average Bonchev–Trinajstić information content (AvgIpc) is 1.98. The normalized spacial score (nSPS) is 30.6. The first-order valence-corrected chi connectivity index (χ1v) is 5.04. The molecule has 0 aromatic rings. The number of nitrogens with one attached hydrogen (secondary N) is 1. The predicted octanol–water partition coefficient (Wildman–Crippen LogP) is 2.73. The molecule has 1 N–H and O–H groups in total. The fourth-order valence-electron chi connectivity index (χ4n) is 1.90. The Labute approximate surface area is 76.2 Å². The van der Waals surface area contributed by atoms with Crippen molar-refractivity contribution in [3.8, 4) is 0 Å². The zero-order valence-corrected chi connectivity index (χ0v) is 8.72. The fourth-order valence-corrected chi connectivity index (χ4v) is 1.90. The zero-order chi connectivity index (χ0) is 9.14. The summed E-state index contributed by atoms with van der Waals surface area (Å²) in [6, 6.07) is 1.32. The molecule has 0 aromatic carbocycles. The number of rotatable bonds is 2. The second-order valence-electron chi connectivity index (χ2n) is 4.24.